The zero-order chi connectivity index (χ0) is 14.7. The van der Waals surface area contributed by atoms with E-state index in [1.54, 1.807) is 0 Å². The van der Waals surface area contributed by atoms with Gasteiger partial charge in [0.25, 0.3) is 0 Å². The minimum absolute atomic E-state index is 0. The number of fused-ring (bicyclic) bond motifs is 1. The van der Waals surface area contributed by atoms with E-state index in [1.807, 2.05) is 35.0 Å². The van der Waals surface area contributed by atoms with Crippen molar-refractivity contribution in [2.45, 2.75) is 13.3 Å². The molecule has 0 radical (unpaired) electrons. The topological polar surface area (TPSA) is 46.4 Å². The molecule has 5 heteroatoms. The fourth-order valence-electron chi connectivity index (χ4n) is 2.30. The van der Waals surface area contributed by atoms with Gasteiger partial charge in [-0.15, -0.1) is 12.4 Å². The number of carbonyl (C=O) groups is 1. The second kappa shape index (κ2) is 7.09. The van der Waals surface area contributed by atoms with Crippen molar-refractivity contribution in [3.63, 3.8) is 0 Å². The molecule has 0 aliphatic heterocycles. The van der Waals surface area contributed by atoms with Crippen molar-refractivity contribution in [3.8, 4) is 11.3 Å². The highest BCUT2D eigenvalue weighted by Crippen LogP contribution is 2.19. The Labute approximate surface area is 135 Å². The summed E-state index contributed by atoms with van der Waals surface area (Å²) in [5.74, 6) is 0.0105. The number of benzene rings is 1. The Balaban J connectivity index is 0.00000176. The number of nitrogens with zero attached hydrogens (tertiary/aromatic N) is 2. The third-order valence-electron chi connectivity index (χ3n) is 3.40. The largest absolute Gasteiger partial charge is 0.356 e. The van der Waals surface area contributed by atoms with Crippen LogP contribution < -0.4 is 5.32 Å². The van der Waals surface area contributed by atoms with E-state index in [0.717, 1.165) is 23.3 Å². The van der Waals surface area contributed by atoms with Crippen LogP contribution in [0.5, 0.6) is 0 Å². The number of hydrogen-bond donors (Lipinski definition) is 1. The van der Waals surface area contributed by atoms with E-state index < -0.39 is 0 Å². The lowest BCUT2D eigenvalue weighted by Crippen LogP contribution is -2.22. The van der Waals surface area contributed by atoms with Crippen LogP contribution in [0, 0.1) is 0 Å². The van der Waals surface area contributed by atoms with E-state index in [0.29, 0.717) is 6.54 Å². The van der Waals surface area contributed by atoms with Crippen molar-refractivity contribution in [2.24, 2.45) is 0 Å². The Morgan fingerprint density at radius 1 is 1.18 bits per heavy atom. The molecule has 0 saturated heterocycles. The Kier molecular flexibility index (Phi) is 5.17. The summed E-state index contributed by atoms with van der Waals surface area (Å²) in [6, 6.07) is 14.3. The normalized spacial score (nSPS) is 10.2. The van der Waals surface area contributed by atoms with Gasteiger partial charge in [-0.3, -0.25) is 4.79 Å². The van der Waals surface area contributed by atoms with E-state index in [2.05, 4.69) is 34.6 Å². The summed E-state index contributed by atoms with van der Waals surface area (Å²) in [5, 5.41) is 2.80. The van der Waals surface area contributed by atoms with E-state index in [-0.39, 0.29) is 18.3 Å². The maximum atomic E-state index is 10.8. The van der Waals surface area contributed by atoms with Gasteiger partial charge in [0.2, 0.25) is 5.91 Å². The van der Waals surface area contributed by atoms with Crippen LogP contribution in [0.25, 0.3) is 16.9 Å². The average Bonchev–Trinajstić information content (AvgIpc) is 2.91. The molecule has 1 amide bonds. The smallest absolute Gasteiger partial charge is 0.216 e. The van der Waals surface area contributed by atoms with Crippen molar-refractivity contribution in [1.82, 2.24) is 14.7 Å². The Morgan fingerprint density at radius 2 is 1.95 bits per heavy atom. The first kappa shape index (κ1) is 16.0. The monoisotopic (exact) mass is 315 g/mol. The average molecular weight is 316 g/mol. The highest BCUT2D eigenvalue weighted by molar-refractivity contribution is 5.85. The van der Waals surface area contributed by atoms with Crippen LogP contribution >= 0.6 is 12.4 Å². The Bertz CT molecular complexity index is 732. The highest BCUT2D eigenvalue weighted by atomic mass is 35.5. The van der Waals surface area contributed by atoms with Gasteiger partial charge in [-0.25, -0.2) is 4.98 Å². The molecule has 0 bridgehead atoms. The van der Waals surface area contributed by atoms with Gasteiger partial charge in [0, 0.05) is 31.4 Å². The van der Waals surface area contributed by atoms with Gasteiger partial charge in [0.15, 0.2) is 0 Å². The molecular weight excluding hydrogens is 298 g/mol. The predicted octanol–water partition coefficient (Wildman–Crippen LogP) is 3.10. The minimum Gasteiger partial charge on any atom is -0.356 e. The molecule has 3 aromatic rings. The van der Waals surface area contributed by atoms with Crippen LogP contribution in [-0.2, 0) is 11.2 Å². The number of amides is 1. The molecule has 2 heterocycles. The van der Waals surface area contributed by atoms with Crippen LogP contribution in [0.4, 0.5) is 0 Å². The molecule has 0 saturated carbocycles. The fourth-order valence-corrected chi connectivity index (χ4v) is 2.30. The Morgan fingerprint density at radius 3 is 2.64 bits per heavy atom. The van der Waals surface area contributed by atoms with E-state index >= 15 is 0 Å². The number of pyridine rings is 1. The van der Waals surface area contributed by atoms with E-state index in [1.165, 1.54) is 12.5 Å². The molecule has 0 fully saturated rings. The van der Waals surface area contributed by atoms with Gasteiger partial charge in [-0.2, -0.15) is 0 Å². The van der Waals surface area contributed by atoms with E-state index in [9.17, 15) is 4.79 Å². The SMILES string of the molecule is CC(=O)NCCc1ccc(-c2cn3ccccc3n2)cc1.Cl. The summed E-state index contributed by atoms with van der Waals surface area (Å²) >= 11 is 0. The number of halogens is 1. The summed E-state index contributed by atoms with van der Waals surface area (Å²) < 4.78 is 2.01. The summed E-state index contributed by atoms with van der Waals surface area (Å²) in [6.07, 6.45) is 4.86. The lowest BCUT2D eigenvalue weighted by molar-refractivity contribution is -0.118. The summed E-state index contributed by atoms with van der Waals surface area (Å²) in [5.41, 5.74) is 4.22. The second-order valence-electron chi connectivity index (χ2n) is 5.02. The number of aromatic nitrogens is 2. The third-order valence-corrected chi connectivity index (χ3v) is 3.40. The van der Waals surface area contributed by atoms with Crippen LogP contribution in [0.1, 0.15) is 12.5 Å². The van der Waals surface area contributed by atoms with Crippen LogP contribution in [0.3, 0.4) is 0 Å². The van der Waals surface area contributed by atoms with Crippen molar-refractivity contribution in [3.05, 3.63) is 60.4 Å². The predicted molar refractivity (Wildman–Crippen MR) is 90.3 cm³/mol. The first-order chi connectivity index (χ1) is 10.2. The van der Waals surface area contributed by atoms with Crippen molar-refractivity contribution in [1.29, 1.82) is 0 Å². The van der Waals surface area contributed by atoms with Crippen LogP contribution in [0.2, 0.25) is 0 Å². The molecule has 0 unspecified atom stereocenters. The summed E-state index contributed by atoms with van der Waals surface area (Å²) in [6.45, 7) is 2.20. The number of rotatable bonds is 4. The van der Waals surface area contributed by atoms with Crippen LogP contribution in [0.15, 0.2) is 54.9 Å². The molecule has 0 atom stereocenters. The molecule has 114 valence electrons. The molecule has 0 aliphatic rings. The molecule has 0 aliphatic carbocycles. The van der Waals surface area contributed by atoms with Gasteiger partial charge in [-0.05, 0) is 24.1 Å². The molecule has 2 aromatic heterocycles. The first-order valence-corrected chi connectivity index (χ1v) is 7.00. The maximum Gasteiger partial charge on any atom is 0.216 e. The lowest BCUT2D eigenvalue weighted by atomic mass is 10.1. The molecule has 1 N–H and O–H groups in total. The van der Waals surface area contributed by atoms with E-state index in [4.69, 9.17) is 0 Å². The molecule has 1 aromatic carbocycles. The number of carbonyl (C=O) groups excluding carboxylic acids is 1. The number of nitrogens with one attached hydrogen (secondary N) is 1. The first-order valence-electron chi connectivity index (χ1n) is 7.00. The number of hydrogen-bond acceptors (Lipinski definition) is 2. The highest BCUT2D eigenvalue weighted by Gasteiger charge is 2.04. The van der Waals surface area contributed by atoms with Crippen LogP contribution in [-0.4, -0.2) is 21.8 Å². The van der Waals surface area contributed by atoms with Gasteiger partial charge < -0.3 is 9.72 Å². The van der Waals surface area contributed by atoms with Crippen molar-refractivity contribution >= 4 is 24.0 Å². The zero-order valence-electron chi connectivity index (χ0n) is 12.3. The quantitative estimate of drug-likeness (QED) is 0.804. The zero-order valence-corrected chi connectivity index (χ0v) is 13.1. The molecular formula is C17H18ClN3O. The van der Waals surface area contributed by atoms with Gasteiger partial charge in [-0.1, -0.05) is 30.3 Å². The Hall–Kier alpha value is -2.33. The van der Waals surface area contributed by atoms with Gasteiger partial charge in [0.1, 0.15) is 5.65 Å². The molecule has 4 nitrogen and oxygen atoms in total. The standard InChI is InChI=1S/C17H17N3O.ClH/c1-13(21)18-10-9-14-5-7-15(8-6-14)16-12-20-11-3-2-4-17(20)19-16;/h2-8,11-12H,9-10H2,1H3,(H,18,21);1H. The lowest BCUT2D eigenvalue weighted by Gasteiger charge is -2.03. The molecule has 22 heavy (non-hydrogen) atoms. The second-order valence-corrected chi connectivity index (χ2v) is 5.02. The summed E-state index contributed by atoms with van der Waals surface area (Å²) in [7, 11) is 0. The van der Waals surface area contributed by atoms with Crippen molar-refractivity contribution < 1.29 is 4.79 Å². The molecule has 3 rings (SSSR count). The number of imidazole rings is 1. The van der Waals surface area contributed by atoms with Crippen molar-refractivity contribution in [2.75, 3.05) is 6.54 Å². The van der Waals surface area contributed by atoms with Gasteiger partial charge in [0.05, 0.1) is 5.69 Å². The summed E-state index contributed by atoms with van der Waals surface area (Å²) in [4.78, 5) is 15.4. The van der Waals surface area contributed by atoms with Gasteiger partial charge >= 0.3 is 0 Å². The third kappa shape index (κ3) is 3.65. The molecule has 0 spiro atoms. The fraction of sp³-hybridized carbons (Fsp3) is 0.176. The minimum atomic E-state index is 0. The maximum absolute atomic E-state index is 10.8.